The normalized spacial score (nSPS) is 10.2. The maximum absolute atomic E-state index is 12.3. The van der Waals surface area contributed by atoms with Crippen molar-refractivity contribution in [1.82, 2.24) is 14.9 Å². The molecule has 0 atom stereocenters. The van der Waals surface area contributed by atoms with Crippen molar-refractivity contribution >= 4 is 23.8 Å². The predicted octanol–water partition coefficient (Wildman–Crippen LogP) is 1.78. The van der Waals surface area contributed by atoms with Crippen LogP contribution < -0.4 is 9.64 Å². The average Bonchev–Trinajstić information content (AvgIpc) is 3.04. The number of ether oxygens (including phenoxy) is 1. The van der Waals surface area contributed by atoms with Gasteiger partial charge in [-0.3, -0.25) is 9.59 Å². The van der Waals surface area contributed by atoms with Crippen LogP contribution in [0.5, 0.6) is 5.75 Å². The molecular formula is C15H17N5O4. The quantitative estimate of drug-likeness (QED) is 0.641. The van der Waals surface area contributed by atoms with Gasteiger partial charge in [-0.15, -0.1) is 4.91 Å². The highest BCUT2D eigenvalue weighted by molar-refractivity contribution is 5.99. The Labute approximate surface area is 138 Å². The smallest absolute Gasteiger partial charge is 0.273 e. The van der Waals surface area contributed by atoms with Gasteiger partial charge in [0.05, 0.1) is 7.11 Å². The molecule has 0 bridgehead atoms. The lowest BCUT2D eigenvalue weighted by Gasteiger charge is -2.12. The number of anilines is 1. The molecule has 1 aromatic carbocycles. The number of benzene rings is 1. The number of H-pyrrole nitrogens is 1. The van der Waals surface area contributed by atoms with Gasteiger partial charge < -0.3 is 19.5 Å². The number of carbonyl (C=O) groups excluding carboxylic acids is 2. The minimum Gasteiger partial charge on any atom is -0.494 e. The summed E-state index contributed by atoms with van der Waals surface area (Å²) in [5.41, 5.74) is 0.807. The minimum absolute atomic E-state index is 0.108. The Morgan fingerprint density at radius 2 is 2.04 bits per heavy atom. The predicted molar refractivity (Wildman–Crippen MR) is 88.5 cm³/mol. The number of amides is 2. The Kier molecular flexibility index (Phi) is 4.93. The molecule has 2 amide bonds. The molecule has 1 aromatic heterocycles. The fourth-order valence-corrected chi connectivity index (χ4v) is 2.09. The van der Waals surface area contributed by atoms with Crippen LogP contribution in [0.2, 0.25) is 0 Å². The molecule has 1 heterocycles. The molecule has 0 aliphatic carbocycles. The molecule has 9 nitrogen and oxygen atoms in total. The van der Waals surface area contributed by atoms with Gasteiger partial charge in [-0.2, -0.15) is 0 Å². The van der Waals surface area contributed by atoms with E-state index in [2.05, 4.69) is 15.1 Å². The average molecular weight is 331 g/mol. The Balaban J connectivity index is 2.57. The van der Waals surface area contributed by atoms with E-state index in [4.69, 9.17) is 4.74 Å². The lowest BCUT2D eigenvalue weighted by molar-refractivity contribution is -0.107. The number of aromatic nitrogens is 2. The number of hydrogen-bond acceptors (Lipinski definition) is 6. The summed E-state index contributed by atoms with van der Waals surface area (Å²) >= 11 is 0. The van der Waals surface area contributed by atoms with Crippen LogP contribution in [-0.2, 0) is 4.79 Å². The fourth-order valence-electron chi connectivity index (χ4n) is 2.09. The molecule has 0 unspecified atom stereocenters. The van der Waals surface area contributed by atoms with Gasteiger partial charge in [-0.25, -0.2) is 4.98 Å². The number of nitrogens with zero attached hydrogens (tertiary/aromatic N) is 4. The molecule has 24 heavy (non-hydrogen) atoms. The van der Waals surface area contributed by atoms with Gasteiger partial charge in [-0.1, -0.05) is 0 Å². The van der Waals surface area contributed by atoms with Crippen LogP contribution >= 0.6 is 0 Å². The Morgan fingerprint density at radius 3 is 2.58 bits per heavy atom. The SMILES string of the molecule is COc1ccc(-c2nc(N(C)C=O)c(C(=O)N(C)C)[nH]2)cc1N=O. The number of carbonyl (C=O) groups is 2. The third-order valence-electron chi connectivity index (χ3n) is 3.35. The van der Waals surface area contributed by atoms with Crippen LogP contribution in [0.3, 0.4) is 0 Å². The highest BCUT2D eigenvalue weighted by Crippen LogP contribution is 2.32. The van der Waals surface area contributed by atoms with Crippen molar-refractivity contribution in [2.24, 2.45) is 5.18 Å². The second-order valence-electron chi connectivity index (χ2n) is 5.18. The van der Waals surface area contributed by atoms with Crippen LogP contribution in [0.15, 0.2) is 23.4 Å². The van der Waals surface area contributed by atoms with Gasteiger partial charge in [0.25, 0.3) is 5.91 Å². The zero-order valence-corrected chi connectivity index (χ0v) is 13.7. The largest absolute Gasteiger partial charge is 0.494 e. The zero-order chi connectivity index (χ0) is 17.9. The standard InChI is InChI=1S/C15H17N5O4/c1-19(2)15(22)12-14(20(3)8-21)17-13(16-12)9-5-6-11(24-4)10(7-9)18-23/h5-8H,1-4H3,(H,16,17). The monoisotopic (exact) mass is 331 g/mol. The van der Waals surface area contributed by atoms with E-state index in [9.17, 15) is 14.5 Å². The number of rotatable bonds is 6. The molecule has 0 spiro atoms. The Morgan fingerprint density at radius 1 is 1.33 bits per heavy atom. The van der Waals surface area contributed by atoms with Crippen molar-refractivity contribution in [3.8, 4) is 17.1 Å². The maximum Gasteiger partial charge on any atom is 0.273 e. The van der Waals surface area contributed by atoms with E-state index in [-0.39, 0.29) is 23.1 Å². The minimum atomic E-state index is -0.334. The van der Waals surface area contributed by atoms with Gasteiger partial charge in [0, 0.05) is 26.7 Å². The fraction of sp³-hybridized carbons (Fsp3) is 0.267. The lowest BCUT2D eigenvalue weighted by Crippen LogP contribution is -2.25. The second kappa shape index (κ2) is 6.90. The topological polar surface area (TPSA) is 108 Å². The number of nitrogens with one attached hydrogen (secondary N) is 1. The first-order chi connectivity index (χ1) is 11.4. The summed E-state index contributed by atoms with van der Waals surface area (Å²) in [5, 5.41) is 2.91. The molecule has 0 saturated carbocycles. The van der Waals surface area contributed by atoms with Gasteiger partial charge in [-0.05, 0) is 23.4 Å². The van der Waals surface area contributed by atoms with E-state index in [1.165, 1.54) is 30.0 Å². The molecule has 0 radical (unpaired) electrons. The first-order valence-corrected chi connectivity index (χ1v) is 6.94. The summed E-state index contributed by atoms with van der Waals surface area (Å²) in [4.78, 5) is 44.0. The van der Waals surface area contributed by atoms with Crippen molar-refractivity contribution in [3.63, 3.8) is 0 Å². The van der Waals surface area contributed by atoms with Gasteiger partial charge in [0.2, 0.25) is 6.41 Å². The van der Waals surface area contributed by atoms with Crippen LogP contribution in [0.4, 0.5) is 11.5 Å². The van der Waals surface area contributed by atoms with Crippen molar-refractivity contribution in [2.75, 3.05) is 33.2 Å². The molecule has 0 aliphatic rings. The summed E-state index contributed by atoms with van der Waals surface area (Å²) in [6, 6.07) is 4.73. The summed E-state index contributed by atoms with van der Waals surface area (Å²) in [7, 11) is 6.11. The molecule has 0 fully saturated rings. The molecule has 2 aromatic rings. The number of methoxy groups -OCH3 is 1. The van der Waals surface area contributed by atoms with Crippen molar-refractivity contribution < 1.29 is 14.3 Å². The van der Waals surface area contributed by atoms with Crippen molar-refractivity contribution in [3.05, 3.63) is 28.8 Å². The van der Waals surface area contributed by atoms with Crippen molar-refractivity contribution in [1.29, 1.82) is 0 Å². The summed E-state index contributed by atoms with van der Waals surface area (Å²) in [5.74, 6) is 0.515. The highest BCUT2D eigenvalue weighted by Gasteiger charge is 2.22. The third kappa shape index (κ3) is 3.09. The second-order valence-corrected chi connectivity index (χ2v) is 5.18. The molecule has 2 rings (SSSR count). The van der Waals surface area contributed by atoms with Crippen LogP contribution in [-0.4, -0.2) is 55.4 Å². The Bertz CT molecular complexity index is 784. The van der Waals surface area contributed by atoms with E-state index >= 15 is 0 Å². The third-order valence-corrected chi connectivity index (χ3v) is 3.35. The number of hydrogen-bond donors (Lipinski definition) is 1. The number of aromatic amines is 1. The van der Waals surface area contributed by atoms with E-state index < -0.39 is 0 Å². The van der Waals surface area contributed by atoms with Gasteiger partial charge in [0.1, 0.15) is 17.3 Å². The van der Waals surface area contributed by atoms with E-state index in [1.807, 2.05) is 0 Å². The molecule has 0 aliphatic heterocycles. The molecular weight excluding hydrogens is 314 g/mol. The van der Waals surface area contributed by atoms with Crippen LogP contribution in [0, 0.1) is 4.91 Å². The maximum atomic E-state index is 12.3. The first-order valence-electron chi connectivity index (χ1n) is 6.94. The van der Waals surface area contributed by atoms with Crippen LogP contribution in [0.1, 0.15) is 10.5 Å². The van der Waals surface area contributed by atoms with E-state index in [0.29, 0.717) is 23.5 Å². The van der Waals surface area contributed by atoms with E-state index in [1.54, 1.807) is 26.2 Å². The zero-order valence-electron chi connectivity index (χ0n) is 13.7. The highest BCUT2D eigenvalue weighted by atomic mass is 16.5. The van der Waals surface area contributed by atoms with Crippen molar-refractivity contribution in [2.45, 2.75) is 0 Å². The first kappa shape index (κ1) is 17.1. The van der Waals surface area contributed by atoms with Gasteiger partial charge >= 0.3 is 0 Å². The number of imidazole rings is 1. The summed E-state index contributed by atoms with van der Waals surface area (Å²) < 4.78 is 5.04. The lowest BCUT2D eigenvalue weighted by atomic mass is 10.2. The molecule has 1 N–H and O–H groups in total. The number of nitroso groups, excluding NO2 is 1. The molecule has 0 saturated heterocycles. The molecule has 126 valence electrons. The summed E-state index contributed by atoms with van der Waals surface area (Å²) in [6.45, 7) is 0. The van der Waals surface area contributed by atoms with Crippen LogP contribution in [0.25, 0.3) is 11.4 Å². The summed E-state index contributed by atoms with van der Waals surface area (Å²) in [6.07, 6.45) is 0.554. The molecule has 9 heteroatoms. The Hall–Kier alpha value is -3.23. The van der Waals surface area contributed by atoms with E-state index in [0.717, 1.165) is 0 Å². The van der Waals surface area contributed by atoms with Gasteiger partial charge in [0.15, 0.2) is 11.5 Å².